The predicted octanol–water partition coefficient (Wildman–Crippen LogP) is 2.26. The number of aliphatic hydroxyl groups excluding tert-OH is 1. The van der Waals surface area contributed by atoms with Gasteiger partial charge in [-0.2, -0.15) is 0 Å². The standard InChI is InChI=1S/C16H31NO3S/c1-21(19,20)16-11-5-3-9-14(16)17-12-6-8-13-7-2-4-10-15(13)18/h13-18H,2-12H2,1H3/t13-,14-,15+,16+/m0/s1. The molecule has 5 heteroatoms. The van der Waals surface area contributed by atoms with Gasteiger partial charge in [0.2, 0.25) is 0 Å². The molecule has 0 aromatic rings. The van der Waals surface area contributed by atoms with Crippen molar-refractivity contribution in [1.29, 1.82) is 0 Å². The normalized spacial score (nSPS) is 34.8. The van der Waals surface area contributed by atoms with E-state index in [-0.39, 0.29) is 17.4 Å². The Labute approximate surface area is 129 Å². The number of aliphatic hydroxyl groups is 1. The molecule has 0 aromatic heterocycles. The molecular weight excluding hydrogens is 286 g/mol. The van der Waals surface area contributed by atoms with Crippen molar-refractivity contribution < 1.29 is 13.5 Å². The Morgan fingerprint density at radius 1 is 1.05 bits per heavy atom. The summed E-state index contributed by atoms with van der Waals surface area (Å²) in [6.45, 7) is 0.875. The van der Waals surface area contributed by atoms with Crippen molar-refractivity contribution in [3.05, 3.63) is 0 Å². The molecule has 0 unspecified atom stereocenters. The molecule has 0 aliphatic heterocycles. The first-order chi connectivity index (χ1) is 9.98. The van der Waals surface area contributed by atoms with Crippen molar-refractivity contribution in [2.24, 2.45) is 5.92 Å². The van der Waals surface area contributed by atoms with Crippen molar-refractivity contribution in [3.63, 3.8) is 0 Å². The summed E-state index contributed by atoms with van der Waals surface area (Å²) in [6, 6.07) is 0.130. The molecule has 2 rings (SSSR count). The van der Waals surface area contributed by atoms with Gasteiger partial charge in [-0.3, -0.25) is 0 Å². The lowest BCUT2D eigenvalue weighted by molar-refractivity contribution is 0.0641. The van der Waals surface area contributed by atoms with Crippen LogP contribution in [0.3, 0.4) is 0 Å². The fraction of sp³-hybridized carbons (Fsp3) is 1.00. The minimum absolute atomic E-state index is 0.114. The highest BCUT2D eigenvalue weighted by atomic mass is 32.2. The molecule has 0 heterocycles. The number of nitrogens with one attached hydrogen (secondary N) is 1. The summed E-state index contributed by atoms with van der Waals surface area (Å²) in [4.78, 5) is 0. The van der Waals surface area contributed by atoms with Gasteiger partial charge in [0.15, 0.2) is 9.84 Å². The van der Waals surface area contributed by atoms with E-state index in [1.807, 2.05) is 0 Å². The van der Waals surface area contributed by atoms with E-state index < -0.39 is 9.84 Å². The number of hydrogen-bond acceptors (Lipinski definition) is 4. The molecule has 2 saturated carbocycles. The molecule has 2 aliphatic carbocycles. The molecule has 0 saturated heterocycles. The van der Waals surface area contributed by atoms with E-state index in [9.17, 15) is 13.5 Å². The summed E-state index contributed by atoms with van der Waals surface area (Å²) in [7, 11) is -2.94. The second-order valence-corrected chi connectivity index (χ2v) is 9.23. The molecule has 4 nitrogen and oxygen atoms in total. The van der Waals surface area contributed by atoms with Crippen LogP contribution in [0.25, 0.3) is 0 Å². The number of sulfone groups is 1. The van der Waals surface area contributed by atoms with Crippen molar-refractivity contribution in [3.8, 4) is 0 Å². The molecule has 21 heavy (non-hydrogen) atoms. The van der Waals surface area contributed by atoms with Gasteiger partial charge in [-0.05, 0) is 51.0 Å². The molecule has 2 N–H and O–H groups in total. The van der Waals surface area contributed by atoms with E-state index in [1.165, 1.54) is 12.7 Å². The van der Waals surface area contributed by atoms with Crippen LogP contribution in [0, 0.1) is 5.92 Å². The minimum Gasteiger partial charge on any atom is -0.393 e. The summed E-state index contributed by atoms with van der Waals surface area (Å²) in [5.74, 6) is 0.456. The highest BCUT2D eigenvalue weighted by Gasteiger charge is 2.32. The summed E-state index contributed by atoms with van der Waals surface area (Å²) in [5, 5.41) is 13.2. The molecule has 0 spiro atoms. The molecule has 0 bridgehead atoms. The van der Waals surface area contributed by atoms with Gasteiger partial charge in [0, 0.05) is 12.3 Å². The molecule has 0 amide bonds. The average Bonchev–Trinajstić information content (AvgIpc) is 2.45. The Balaban J connectivity index is 1.71. The van der Waals surface area contributed by atoms with Crippen molar-refractivity contribution in [1.82, 2.24) is 5.32 Å². The van der Waals surface area contributed by atoms with Gasteiger partial charge >= 0.3 is 0 Å². The van der Waals surface area contributed by atoms with E-state index in [2.05, 4.69) is 5.32 Å². The zero-order valence-corrected chi connectivity index (χ0v) is 14.1. The van der Waals surface area contributed by atoms with Gasteiger partial charge in [0.1, 0.15) is 0 Å². The van der Waals surface area contributed by atoms with E-state index in [0.717, 1.165) is 64.3 Å². The lowest BCUT2D eigenvalue weighted by Gasteiger charge is -2.31. The van der Waals surface area contributed by atoms with Gasteiger partial charge in [0.05, 0.1) is 11.4 Å². The van der Waals surface area contributed by atoms with E-state index in [0.29, 0.717) is 5.92 Å². The van der Waals surface area contributed by atoms with Crippen LogP contribution >= 0.6 is 0 Å². The lowest BCUT2D eigenvalue weighted by atomic mass is 9.83. The zero-order chi connectivity index (χ0) is 15.3. The van der Waals surface area contributed by atoms with Crippen LogP contribution in [-0.4, -0.2) is 43.7 Å². The van der Waals surface area contributed by atoms with Gasteiger partial charge in [0.25, 0.3) is 0 Å². The van der Waals surface area contributed by atoms with Crippen LogP contribution in [0.5, 0.6) is 0 Å². The monoisotopic (exact) mass is 317 g/mol. The largest absolute Gasteiger partial charge is 0.393 e. The molecule has 2 fully saturated rings. The Morgan fingerprint density at radius 3 is 2.43 bits per heavy atom. The third-order valence-electron chi connectivity index (χ3n) is 5.28. The van der Waals surface area contributed by atoms with E-state index in [4.69, 9.17) is 0 Å². The summed E-state index contributed by atoms with van der Waals surface area (Å²) >= 11 is 0. The van der Waals surface area contributed by atoms with Crippen LogP contribution < -0.4 is 5.32 Å². The molecule has 4 atom stereocenters. The maximum absolute atomic E-state index is 11.8. The van der Waals surface area contributed by atoms with Gasteiger partial charge in [-0.25, -0.2) is 8.42 Å². The molecular formula is C16H31NO3S. The Bertz CT molecular complexity index is 410. The van der Waals surface area contributed by atoms with Gasteiger partial charge < -0.3 is 10.4 Å². The van der Waals surface area contributed by atoms with Gasteiger partial charge in [-0.1, -0.05) is 25.7 Å². The van der Waals surface area contributed by atoms with Crippen LogP contribution in [0.2, 0.25) is 0 Å². The third kappa shape index (κ3) is 5.22. The highest BCUT2D eigenvalue weighted by molar-refractivity contribution is 7.91. The SMILES string of the molecule is CS(=O)(=O)[C@@H]1CCCC[C@@H]1NCCC[C@@H]1CCCC[C@H]1O. The smallest absolute Gasteiger partial charge is 0.151 e. The molecule has 0 radical (unpaired) electrons. The first kappa shape index (κ1) is 17.2. The maximum atomic E-state index is 11.8. The minimum atomic E-state index is -2.94. The lowest BCUT2D eigenvalue weighted by Crippen LogP contribution is -2.46. The second kappa shape index (κ2) is 7.93. The quantitative estimate of drug-likeness (QED) is 0.738. The van der Waals surface area contributed by atoms with Crippen molar-refractivity contribution >= 4 is 9.84 Å². The Hall–Kier alpha value is -0.130. The summed E-state index contributed by atoms with van der Waals surface area (Å²) in [5.41, 5.74) is 0. The fourth-order valence-electron chi connectivity index (χ4n) is 4.02. The second-order valence-electron chi connectivity index (χ2n) is 6.97. The Morgan fingerprint density at radius 2 is 1.71 bits per heavy atom. The average molecular weight is 317 g/mol. The Kier molecular flexibility index (Phi) is 6.51. The third-order valence-corrected chi connectivity index (χ3v) is 6.94. The van der Waals surface area contributed by atoms with Crippen LogP contribution in [0.1, 0.15) is 64.2 Å². The van der Waals surface area contributed by atoms with Gasteiger partial charge in [-0.15, -0.1) is 0 Å². The number of hydrogen-bond donors (Lipinski definition) is 2. The first-order valence-electron chi connectivity index (χ1n) is 8.59. The van der Waals surface area contributed by atoms with Crippen LogP contribution in [-0.2, 0) is 9.84 Å². The van der Waals surface area contributed by atoms with Crippen molar-refractivity contribution in [2.75, 3.05) is 12.8 Å². The summed E-state index contributed by atoms with van der Waals surface area (Å²) < 4.78 is 23.7. The topological polar surface area (TPSA) is 66.4 Å². The zero-order valence-electron chi connectivity index (χ0n) is 13.3. The van der Waals surface area contributed by atoms with E-state index in [1.54, 1.807) is 0 Å². The first-order valence-corrected chi connectivity index (χ1v) is 10.5. The molecule has 124 valence electrons. The highest BCUT2D eigenvalue weighted by Crippen LogP contribution is 2.28. The summed E-state index contributed by atoms with van der Waals surface area (Å²) in [6.07, 6.45) is 11.8. The predicted molar refractivity (Wildman–Crippen MR) is 86.1 cm³/mol. The fourth-order valence-corrected chi connectivity index (χ4v) is 5.44. The van der Waals surface area contributed by atoms with Crippen LogP contribution in [0.15, 0.2) is 0 Å². The van der Waals surface area contributed by atoms with Crippen LogP contribution in [0.4, 0.5) is 0 Å². The van der Waals surface area contributed by atoms with E-state index >= 15 is 0 Å². The number of rotatable bonds is 6. The maximum Gasteiger partial charge on any atom is 0.151 e. The molecule has 0 aromatic carbocycles. The van der Waals surface area contributed by atoms with Crippen molar-refractivity contribution in [2.45, 2.75) is 81.6 Å². The molecule has 2 aliphatic rings.